The molecule has 2 N–H and O–H groups in total. The van der Waals surface area contributed by atoms with Gasteiger partial charge < -0.3 is 10.2 Å². The Morgan fingerprint density at radius 1 is 1.04 bits per heavy atom. The first-order valence-corrected chi connectivity index (χ1v) is 7.70. The van der Waals surface area contributed by atoms with E-state index >= 15 is 0 Å². The van der Waals surface area contributed by atoms with Crippen molar-refractivity contribution in [2.75, 3.05) is 11.9 Å². The van der Waals surface area contributed by atoms with Gasteiger partial charge in [0.2, 0.25) is 0 Å². The van der Waals surface area contributed by atoms with Crippen LogP contribution in [0.2, 0.25) is 0 Å². The molecule has 0 saturated heterocycles. The first-order chi connectivity index (χ1) is 12.1. The number of carbonyl (C=O) groups excluding carboxylic acids is 2. The third-order valence-electron chi connectivity index (χ3n) is 3.75. The topological polar surface area (TPSA) is 91.0 Å². The standard InChI is InChI=1S/C18H17N5O2/c1-23(18(25)14-6-9-19-10-7-14)15-4-2-13(3-5-15)12-20-17(24)16-8-11-21-22-16/h2-11H,12H2,1H3,(H,20,24)(H,21,22). The summed E-state index contributed by atoms with van der Waals surface area (Å²) in [6.45, 7) is 0.389. The molecule has 0 saturated carbocycles. The summed E-state index contributed by atoms with van der Waals surface area (Å²) in [6, 6.07) is 12.4. The molecule has 1 aromatic carbocycles. The predicted octanol–water partition coefficient (Wildman–Crippen LogP) is 2.01. The van der Waals surface area contributed by atoms with Crippen molar-refractivity contribution in [1.82, 2.24) is 20.5 Å². The van der Waals surface area contributed by atoms with E-state index in [9.17, 15) is 9.59 Å². The molecule has 2 amide bonds. The lowest BCUT2D eigenvalue weighted by Gasteiger charge is -2.17. The number of amides is 2. The minimum atomic E-state index is -0.216. The van der Waals surface area contributed by atoms with Crippen molar-refractivity contribution in [1.29, 1.82) is 0 Å². The predicted molar refractivity (Wildman–Crippen MR) is 93.2 cm³/mol. The fourth-order valence-electron chi connectivity index (χ4n) is 2.30. The van der Waals surface area contributed by atoms with Gasteiger partial charge in [0, 0.05) is 43.4 Å². The maximum atomic E-state index is 12.4. The van der Waals surface area contributed by atoms with Crippen molar-refractivity contribution >= 4 is 17.5 Å². The number of hydrogen-bond acceptors (Lipinski definition) is 4. The van der Waals surface area contributed by atoms with Crippen LogP contribution >= 0.6 is 0 Å². The third-order valence-corrected chi connectivity index (χ3v) is 3.75. The molecule has 0 aliphatic carbocycles. The van der Waals surface area contributed by atoms with E-state index in [1.807, 2.05) is 24.3 Å². The van der Waals surface area contributed by atoms with Crippen LogP contribution in [0, 0.1) is 0 Å². The van der Waals surface area contributed by atoms with Crippen LogP contribution in [0.25, 0.3) is 0 Å². The number of nitrogens with zero attached hydrogens (tertiary/aromatic N) is 3. The fraction of sp³-hybridized carbons (Fsp3) is 0.111. The molecule has 0 radical (unpaired) electrons. The maximum Gasteiger partial charge on any atom is 0.269 e. The number of pyridine rings is 1. The first kappa shape index (κ1) is 16.4. The van der Waals surface area contributed by atoms with Gasteiger partial charge in [-0.3, -0.25) is 19.7 Å². The van der Waals surface area contributed by atoms with Gasteiger partial charge in [-0.15, -0.1) is 0 Å². The summed E-state index contributed by atoms with van der Waals surface area (Å²) in [6.07, 6.45) is 4.71. The molecule has 0 aliphatic rings. The maximum absolute atomic E-state index is 12.4. The van der Waals surface area contributed by atoms with Crippen molar-refractivity contribution in [3.63, 3.8) is 0 Å². The Labute approximate surface area is 144 Å². The lowest BCUT2D eigenvalue weighted by atomic mass is 10.1. The number of rotatable bonds is 5. The van der Waals surface area contributed by atoms with Crippen molar-refractivity contribution in [3.05, 3.63) is 77.9 Å². The second-order valence-corrected chi connectivity index (χ2v) is 5.42. The summed E-state index contributed by atoms with van der Waals surface area (Å²) < 4.78 is 0. The second-order valence-electron chi connectivity index (χ2n) is 5.42. The van der Waals surface area contributed by atoms with Crippen LogP contribution in [-0.2, 0) is 6.54 Å². The molecular weight excluding hydrogens is 318 g/mol. The highest BCUT2D eigenvalue weighted by molar-refractivity contribution is 6.05. The average Bonchev–Trinajstić information content (AvgIpc) is 3.21. The summed E-state index contributed by atoms with van der Waals surface area (Å²) in [7, 11) is 1.72. The smallest absolute Gasteiger partial charge is 0.269 e. The molecule has 2 aromatic heterocycles. The van der Waals surface area contributed by atoms with E-state index in [1.54, 1.807) is 42.5 Å². The minimum Gasteiger partial charge on any atom is -0.347 e. The normalized spacial score (nSPS) is 10.3. The fourth-order valence-corrected chi connectivity index (χ4v) is 2.30. The van der Waals surface area contributed by atoms with E-state index in [0.717, 1.165) is 11.3 Å². The number of anilines is 1. The number of H-pyrrole nitrogens is 1. The molecular formula is C18H17N5O2. The van der Waals surface area contributed by atoms with Gasteiger partial charge in [0.25, 0.3) is 11.8 Å². The number of aromatic amines is 1. The zero-order chi connectivity index (χ0) is 17.6. The van der Waals surface area contributed by atoms with E-state index in [-0.39, 0.29) is 11.8 Å². The molecule has 0 fully saturated rings. The molecule has 7 heteroatoms. The molecule has 2 heterocycles. The third kappa shape index (κ3) is 3.89. The van der Waals surface area contributed by atoms with Gasteiger partial charge >= 0.3 is 0 Å². The lowest BCUT2D eigenvalue weighted by Crippen LogP contribution is -2.26. The Balaban J connectivity index is 1.62. The summed E-state index contributed by atoms with van der Waals surface area (Å²) in [5.41, 5.74) is 2.69. The number of benzene rings is 1. The van der Waals surface area contributed by atoms with E-state index in [0.29, 0.717) is 17.8 Å². The summed E-state index contributed by atoms with van der Waals surface area (Å²) in [5.74, 6) is -0.325. The highest BCUT2D eigenvalue weighted by Gasteiger charge is 2.13. The zero-order valence-electron chi connectivity index (χ0n) is 13.6. The van der Waals surface area contributed by atoms with Gasteiger partial charge in [-0.05, 0) is 35.9 Å². The Morgan fingerprint density at radius 3 is 2.40 bits per heavy atom. The molecule has 0 spiro atoms. The molecule has 126 valence electrons. The van der Waals surface area contributed by atoms with Gasteiger partial charge in [0.1, 0.15) is 5.69 Å². The Hall–Kier alpha value is -3.48. The van der Waals surface area contributed by atoms with Crippen LogP contribution in [0.4, 0.5) is 5.69 Å². The largest absolute Gasteiger partial charge is 0.347 e. The highest BCUT2D eigenvalue weighted by atomic mass is 16.2. The molecule has 0 bridgehead atoms. The van der Waals surface area contributed by atoms with E-state index in [1.165, 1.54) is 6.20 Å². The molecule has 3 aromatic rings. The molecule has 3 rings (SSSR count). The van der Waals surface area contributed by atoms with Crippen LogP contribution in [0.15, 0.2) is 61.1 Å². The van der Waals surface area contributed by atoms with Crippen LogP contribution in [-0.4, -0.2) is 34.0 Å². The van der Waals surface area contributed by atoms with E-state index in [4.69, 9.17) is 0 Å². The Morgan fingerprint density at radius 2 is 1.76 bits per heavy atom. The zero-order valence-corrected chi connectivity index (χ0v) is 13.6. The minimum absolute atomic E-state index is 0.109. The quantitative estimate of drug-likeness (QED) is 0.746. The number of hydrogen-bond donors (Lipinski definition) is 2. The van der Waals surface area contributed by atoms with Gasteiger partial charge in [0.15, 0.2) is 0 Å². The van der Waals surface area contributed by atoms with Crippen LogP contribution < -0.4 is 10.2 Å². The number of aromatic nitrogens is 3. The molecule has 0 unspecified atom stereocenters. The average molecular weight is 335 g/mol. The Kier molecular flexibility index (Phi) is 4.84. The summed E-state index contributed by atoms with van der Waals surface area (Å²) in [4.78, 5) is 29.8. The Bertz CT molecular complexity index is 845. The van der Waals surface area contributed by atoms with Crippen LogP contribution in [0.1, 0.15) is 26.4 Å². The van der Waals surface area contributed by atoms with Crippen molar-refractivity contribution in [2.45, 2.75) is 6.54 Å². The number of nitrogens with one attached hydrogen (secondary N) is 2. The first-order valence-electron chi connectivity index (χ1n) is 7.70. The van der Waals surface area contributed by atoms with Crippen molar-refractivity contribution in [2.24, 2.45) is 0 Å². The monoisotopic (exact) mass is 335 g/mol. The molecule has 7 nitrogen and oxygen atoms in total. The van der Waals surface area contributed by atoms with Gasteiger partial charge in [-0.1, -0.05) is 12.1 Å². The van der Waals surface area contributed by atoms with Crippen LogP contribution in [0.3, 0.4) is 0 Å². The van der Waals surface area contributed by atoms with E-state index in [2.05, 4.69) is 20.5 Å². The van der Waals surface area contributed by atoms with Gasteiger partial charge in [0.05, 0.1) is 0 Å². The van der Waals surface area contributed by atoms with Crippen LogP contribution in [0.5, 0.6) is 0 Å². The lowest BCUT2D eigenvalue weighted by molar-refractivity contribution is 0.0945. The van der Waals surface area contributed by atoms with Gasteiger partial charge in [-0.25, -0.2) is 0 Å². The van der Waals surface area contributed by atoms with Gasteiger partial charge in [-0.2, -0.15) is 5.10 Å². The van der Waals surface area contributed by atoms with Crippen molar-refractivity contribution < 1.29 is 9.59 Å². The SMILES string of the molecule is CN(C(=O)c1ccncc1)c1ccc(CNC(=O)c2ccn[nH]2)cc1. The molecule has 25 heavy (non-hydrogen) atoms. The highest BCUT2D eigenvalue weighted by Crippen LogP contribution is 2.16. The summed E-state index contributed by atoms with van der Waals surface area (Å²) >= 11 is 0. The van der Waals surface area contributed by atoms with Crippen molar-refractivity contribution in [3.8, 4) is 0 Å². The number of carbonyl (C=O) groups is 2. The molecule has 0 aliphatic heterocycles. The summed E-state index contributed by atoms with van der Waals surface area (Å²) in [5, 5.41) is 9.16. The van der Waals surface area contributed by atoms with E-state index < -0.39 is 0 Å². The molecule has 0 atom stereocenters. The second kappa shape index (κ2) is 7.39.